The molecule has 0 saturated carbocycles. The number of rotatable bonds is 7. The van der Waals surface area contributed by atoms with Crippen LogP contribution >= 0.6 is 0 Å². The minimum atomic E-state index is -5.27. The van der Waals surface area contributed by atoms with Crippen LogP contribution in [0, 0.1) is 94.4 Å². The molecule has 0 atom stereocenters. The van der Waals surface area contributed by atoms with Crippen molar-refractivity contribution in [1.82, 2.24) is 9.13 Å². The number of nitriles is 1. The van der Waals surface area contributed by atoms with E-state index in [0.717, 1.165) is 151 Å². The number of benzene rings is 10. The summed E-state index contributed by atoms with van der Waals surface area (Å²) < 4.78 is 100. The molecule has 0 bridgehead atoms. The van der Waals surface area contributed by atoms with Crippen LogP contribution in [0.15, 0.2) is 152 Å². The largest absolute Gasteiger partial charge is 0.417 e. The molecule has 418 valence electrons. The topological polar surface area (TPSA) is 33.6 Å². The van der Waals surface area contributed by atoms with E-state index in [1.807, 2.05) is 76.2 Å². The van der Waals surface area contributed by atoms with Crippen molar-refractivity contribution in [3.05, 3.63) is 235 Å². The Morgan fingerprint density at radius 1 is 0.310 bits per heavy atom. The molecule has 0 amide bonds. The second-order valence-electron chi connectivity index (χ2n) is 23.4. The highest BCUT2D eigenvalue weighted by Crippen LogP contribution is 2.52. The van der Waals surface area contributed by atoms with Crippen LogP contribution in [0.5, 0.6) is 0 Å². The van der Waals surface area contributed by atoms with E-state index in [1.165, 1.54) is 12.1 Å². The van der Waals surface area contributed by atoms with Gasteiger partial charge in [-0.25, -0.2) is 0 Å². The first-order chi connectivity index (χ1) is 39.8. The zero-order valence-corrected chi connectivity index (χ0v) is 49.0. The summed E-state index contributed by atoms with van der Waals surface area (Å²) in [4.78, 5) is 0. The molecule has 2 heterocycles. The number of hydrogen-bond donors (Lipinski definition) is 0. The van der Waals surface area contributed by atoms with Crippen LogP contribution in [0.3, 0.4) is 0 Å². The average Bonchev–Trinajstić information content (AvgIpc) is 1.51. The summed E-state index contributed by atoms with van der Waals surface area (Å²) in [5.74, 6) is 0. The molecule has 0 spiro atoms. The molecule has 10 aromatic carbocycles. The molecular weight excluding hydrogens is 1060 g/mol. The van der Waals surface area contributed by atoms with Gasteiger partial charge in [0.05, 0.1) is 56.2 Å². The van der Waals surface area contributed by atoms with Crippen LogP contribution in [-0.2, 0) is 12.4 Å². The molecule has 12 aromatic rings. The van der Waals surface area contributed by atoms with Gasteiger partial charge in [-0.2, -0.15) is 31.6 Å². The van der Waals surface area contributed by atoms with Crippen LogP contribution in [0.2, 0.25) is 0 Å². The number of fused-ring (bicyclic) bond motifs is 6. The van der Waals surface area contributed by atoms with E-state index in [2.05, 4.69) is 134 Å². The zero-order chi connectivity index (χ0) is 59.7. The Kier molecular flexibility index (Phi) is 13.2. The first kappa shape index (κ1) is 55.4. The van der Waals surface area contributed by atoms with E-state index in [0.29, 0.717) is 22.1 Å². The van der Waals surface area contributed by atoms with Crippen LogP contribution in [-0.4, -0.2) is 9.13 Å². The number of halogens is 6. The average molecular weight is 1120 g/mol. The van der Waals surface area contributed by atoms with E-state index in [9.17, 15) is 5.26 Å². The van der Waals surface area contributed by atoms with E-state index < -0.39 is 29.0 Å². The fourth-order valence-corrected chi connectivity index (χ4v) is 14.3. The minimum Gasteiger partial charge on any atom is -0.308 e. The fourth-order valence-electron chi connectivity index (χ4n) is 14.3. The molecule has 9 heteroatoms. The lowest BCUT2D eigenvalue weighted by molar-refractivity contribution is -0.142. The molecule has 3 nitrogen and oxygen atoms in total. The van der Waals surface area contributed by atoms with Crippen molar-refractivity contribution in [2.75, 3.05) is 0 Å². The lowest BCUT2D eigenvalue weighted by Crippen LogP contribution is -2.16. The summed E-state index contributed by atoms with van der Waals surface area (Å²) in [6.45, 7) is 24.7. The third kappa shape index (κ3) is 9.15. The summed E-state index contributed by atoms with van der Waals surface area (Å²) in [6, 6.07) is 48.3. The molecule has 0 unspecified atom stereocenters. The van der Waals surface area contributed by atoms with E-state index in [-0.39, 0.29) is 22.5 Å². The van der Waals surface area contributed by atoms with Gasteiger partial charge in [0, 0.05) is 32.7 Å². The van der Waals surface area contributed by atoms with Crippen molar-refractivity contribution in [1.29, 1.82) is 5.26 Å². The Morgan fingerprint density at radius 2 is 0.560 bits per heavy atom. The molecule has 84 heavy (non-hydrogen) atoms. The number of aryl methyl sites for hydroxylation is 12. The Labute approximate surface area is 485 Å². The highest BCUT2D eigenvalue weighted by molar-refractivity contribution is 6.15. The molecule has 0 fully saturated rings. The first-order valence-corrected chi connectivity index (χ1v) is 28.2. The molecule has 0 aliphatic rings. The summed E-state index contributed by atoms with van der Waals surface area (Å²) in [5, 5.41) is 14.2. The normalized spacial score (nSPS) is 12.2. The van der Waals surface area contributed by atoms with Crippen molar-refractivity contribution in [2.45, 2.75) is 95.4 Å². The van der Waals surface area contributed by atoms with Crippen LogP contribution in [0.25, 0.3) is 111 Å². The van der Waals surface area contributed by atoms with Gasteiger partial charge in [0.2, 0.25) is 0 Å². The summed E-state index contributed by atoms with van der Waals surface area (Å²) in [7, 11) is 0. The quantitative estimate of drug-likeness (QED) is 0.146. The predicted octanol–water partition coefficient (Wildman–Crippen LogP) is 21.8. The summed E-state index contributed by atoms with van der Waals surface area (Å²) in [5.41, 5.74) is 18.3. The molecule has 12 rings (SSSR count). The van der Waals surface area contributed by atoms with Crippen molar-refractivity contribution in [3.8, 4) is 73.1 Å². The molecule has 2 aromatic heterocycles. The second-order valence-corrected chi connectivity index (χ2v) is 23.4. The van der Waals surface area contributed by atoms with Gasteiger partial charge in [-0.15, -0.1) is 0 Å². The Hall–Kier alpha value is -9.13. The standard InChI is InChI=1S/C75H61F6N3/c1-39-24-43(5)68(44(6)25-39)52-16-20-62-56(34-52)57-35-53(69-45(7)26-40(2)27-46(69)8)17-21-63(57)83(62)66-32-51(38-82)33-67(73(66)72-60(74(76,77)78)14-13-15-61(72)75(79,80)81)84-64-22-18-54(70-47(9)28-41(3)29-48(70)10)36-58(64)59-37-55(19-23-65(59)84)71-49(11)30-42(4)31-50(71)12/h13-37H,1-12H3. The van der Waals surface area contributed by atoms with Gasteiger partial charge >= 0.3 is 12.4 Å². The number of aromatic nitrogens is 2. The van der Waals surface area contributed by atoms with Crippen LogP contribution in [0.1, 0.15) is 83.5 Å². The van der Waals surface area contributed by atoms with E-state index >= 15 is 26.3 Å². The monoisotopic (exact) mass is 1120 g/mol. The smallest absolute Gasteiger partial charge is 0.308 e. The van der Waals surface area contributed by atoms with Gasteiger partial charge in [-0.05, 0) is 245 Å². The van der Waals surface area contributed by atoms with Gasteiger partial charge in [0.25, 0.3) is 0 Å². The minimum absolute atomic E-state index is 0.0295. The van der Waals surface area contributed by atoms with Crippen molar-refractivity contribution < 1.29 is 26.3 Å². The third-order valence-electron chi connectivity index (χ3n) is 17.0. The van der Waals surface area contributed by atoms with Gasteiger partial charge in [0.15, 0.2) is 0 Å². The fraction of sp³-hybridized carbons (Fsp3) is 0.187. The third-order valence-corrected chi connectivity index (χ3v) is 17.0. The van der Waals surface area contributed by atoms with E-state index in [1.54, 1.807) is 9.13 Å². The first-order valence-electron chi connectivity index (χ1n) is 28.2. The molecule has 0 saturated heterocycles. The maximum atomic E-state index is 16.2. The molecule has 0 aliphatic heterocycles. The van der Waals surface area contributed by atoms with Gasteiger partial charge in [-0.3, -0.25) is 0 Å². The highest BCUT2D eigenvalue weighted by Gasteiger charge is 2.43. The lowest BCUT2D eigenvalue weighted by atomic mass is 9.89. The Morgan fingerprint density at radius 3 is 0.786 bits per heavy atom. The zero-order valence-electron chi connectivity index (χ0n) is 49.0. The van der Waals surface area contributed by atoms with E-state index in [4.69, 9.17) is 0 Å². The van der Waals surface area contributed by atoms with Crippen molar-refractivity contribution in [3.63, 3.8) is 0 Å². The molecule has 0 N–H and O–H groups in total. The van der Waals surface area contributed by atoms with Crippen LogP contribution in [0.4, 0.5) is 26.3 Å². The number of nitrogens with zero attached hydrogens (tertiary/aromatic N) is 3. The lowest BCUT2D eigenvalue weighted by Gasteiger charge is -2.25. The number of alkyl halides is 6. The SMILES string of the molecule is Cc1cc(C)c(-c2ccc3c(c2)c2cc(-c4c(C)cc(C)cc4C)ccc2n3-c2cc(C#N)cc(-n3c4ccc(-c5c(C)cc(C)cc5C)cc4c4cc(-c5c(C)cc(C)cc5C)ccc43)c2-c2c(C(F)(F)F)cccc2C(F)(F)F)c(C)c1. The second kappa shape index (κ2) is 20.1. The molecule has 0 aliphatic carbocycles. The Bertz CT molecular complexity index is 4230. The maximum Gasteiger partial charge on any atom is 0.417 e. The molecule has 0 radical (unpaired) electrons. The van der Waals surface area contributed by atoms with Gasteiger partial charge in [-0.1, -0.05) is 101 Å². The maximum absolute atomic E-state index is 16.2. The molecular formula is C75H61F6N3. The summed E-state index contributed by atoms with van der Waals surface area (Å²) >= 11 is 0. The van der Waals surface area contributed by atoms with Crippen molar-refractivity contribution >= 4 is 43.6 Å². The van der Waals surface area contributed by atoms with Crippen molar-refractivity contribution in [2.24, 2.45) is 0 Å². The highest BCUT2D eigenvalue weighted by atomic mass is 19.4. The predicted molar refractivity (Wildman–Crippen MR) is 334 cm³/mol. The van der Waals surface area contributed by atoms with Gasteiger partial charge < -0.3 is 9.13 Å². The Balaban J connectivity index is 1.28. The summed E-state index contributed by atoms with van der Waals surface area (Å²) in [6.07, 6.45) is -10.5. The number of hydrogen-bond acceptors (Lipinski definition) is 1. The van der Waals surface area contributed by atoms with Gasteiger partial charge in [0.1, 0.15) is 0 Å². The van der Waals surface area contributed by atoms with Crippen LogP contribution < -0.4 is 0 Å².